The van der Waals surface area contributed by atoms with E-state index in [-0.39, 0.29) is 18.5 Å². The molecule has 32 heavy (non-hydrogen) atoms. The number of rotatable bonds is 10. The van der Waals surface area contributed by atoms with Crippen LogP contribution in [0.5, 0.6) is 11.5 Å². The van der Waals surface area contributed by atoms with E-state index >= 15 is 0 Å². The lowest BCUT2D eigenvalue weighted by atomic mass is 9.93. The largest absolute Gasteiger partial charge is 0.496 e. The molecule has 0 heterocycles. The van der Waals surface area contributed by atoms with Gasteiger partial charge in [-0.05, 0) is 67.6 Å². The zero-order valence-electron chi connectivity index (χ0n) is 19.9. The van der Waals surface area contributed by atoms with Crippen LogP contribution in [0.2, 0.25) is 0 Å². The molecule has 0 aliphatic heterocycles. The van der Waals surface area contributed by atoms with Crippen molar-refractivity contribution in [1.82, 2.24) is 5.32 Å². The summed E-state index contributed by atoms with van der Waals surface area (Å²) in [5.41, 5.74) is 3.39. The van der Waals surface area contributed by atoms with E-state index in [2.05, 4.69) is 19.2 Å². The van der Waals surface area contributed by atoms with Crippen molar-refractivity contribution in [2.24, 2.45) is 0 Å². The zero-order valence-corrected chi connectivity index (χ0v) is 20.7. The number of ether oxygens (including phenoxy) is 2. The molecule has 0 fully saturated rings. The number of sulfonamides is 1. The summed E-state index contributed by atoms with van der Waals surface area (Å²) in [6.45, 7) is 10.00. The van der Waals surface area contributed by atoms with Crippen LogP contribution < -0.4 is 19.1 Å². The zero-order chi connectivity index (χ0) is 24.1. The molecule has 0 saturated heterocycles. The van der Waals surface area contributed by atoms with Gasteiger partial charge in [-0.2, -0.15) is 0 Å². The van der Waals surface area contributed by atoms with E-state index < -0.39 is 15.9 Å². The summed E-state index contributed by atoms with van der Waals surface area (Å²) in [4.78, 5) is 12.8. The van der Waals surface area contributed by atoms with Crippen LogP contribution in [-0.4, -0.2) is 40.8 Å². The van der Waals surface area contributed by atoms with Crippen molar-refractivity contribution in [3.8, 4) is 11.5 Å². The number of amides is 1. The van der Waals surface area contributed by atoms with Gasteiger partial charge >= 0.3 is 0 Å². The van der Waals surface area contributed by atoms with Crippen LogP contribution in [0.15, 0.2) is 36.4 Å². The van der Waals surface area contributed by atoms with E-state index in [4.69, 9.17) is 9.47 Å². The first-order valence-electron chi connectivity index (χ1n) is 10.7. The standard InChI is InChI=1S/C24H34N2O5S/c1-8-31-20-11-9-10-19(13-20)26(32(7,28)29)15-24(27)25-18(5)22-14-21(16(2)3)23(30-6)12-17(22)4/h9-14,16,18H,8,15H2,1-7H3,(H,25,27)/t18-/m0/s1. The Kier molecular flexibility index (Phi) is 8.55. The molecule has 0 saturated carbocycles. The lowest BCUT2D eigenvalue weighted by molar-refractivity contribution is -0.120. The van der Waals surface area contributed by atoms with E-state index in [1.807, 2.05) is 32.9 Å². The normalized spacial score (nSPS) is 12.4. The van der Waals surface area contributed by atoms with E-state index in [0.29, 0.717) is 18.0 Å². The molecule has 1 atom stereocenters. The Morgan fingerprint density at radius 1 is 1.12 bits per heavy atom. The van der Waals surface area contributed by atoms with E-state index in [0.717, 1.165) is 33.0 Å². The number of carbonyl (C=O) groups is 1. The summed E-state index contributed by atoms with van der Waals surface area (Å²) in [6, 6.07) is 10.4. The smallest absolute Gasteiger partial charge is 0.241 e. The highest BCUT2D eigenvalue weighted by atomic mass is 32.2. The molecule has 0 radical (unpaired) electrons. The molecule has 2 aromatic carbocycles. The monoisotopic (exact) mass is 462 g/mol. The second-order valence-corrected chi connectivity index (χ2v) is 10.0. The van der Waals surface area contributed by atoms with Crippen LogP contribution in [0.25, 0.3) is 0 Å². The van der Waals surface area contributed by atoms with Gasteiger partial charge in [-0.3, -0.25) is 9.10 Å². The summed E-state index contributed by atoms with van der Waals surface area (Å²) in [5, 5.41) is 2.94. The van der Waals surface area contributed by atoms with Crippen molar-refractivity contribution in [2.45, 2.75) is 46.6 Å². The maximum atomic E-state index is 12.8. The minimum absolute atomic E-state index is 0.255. The molecule has 2 rings (SSSR count). The van der Waals surface area contributed by atoms with Gasteiger partial charge in [0.05, 0.1) is 31.7 Å². The van der Waals surface area contributed by atoms with Crippen LogP contribution in [0.1, 0.15) is 56.3 Å². The highest BCUT2D eigenvalue weighted by Gasteiger charge is 2.23. The average molecular weight is 463 g/mol. The van der Waals surface area contributed by atoms with Crippen molar-refractivity contribution >= 4 is 21.6 Å². The molecule has 0 bridgehead atoms. The highest BCUT2D eigenvalue weighted by molar-refractivity contribution is 7.92. The topological polar surface area (TPSA) is 84.9 Å². The third kappa shape index (κ3) is 6.38. The Morgan fingerprint density at radius 2 is 1.81 bits per heavy atom. The Hall–Kier alpha value is -2.74. The number of carbonyl (C=O) groups excluding carboxylic acids is 1. The van der Waals surface area contributed by atoms with Gasteiger partial charge in [0.15, 0.2) is 0 Å². The Morgan fingerprint density at radius 3 is 2.38 bits per heavy atom. The molecule has 1 N–H and O–H groups in total. The van der Waals surface area contributed by atoms with Crippen LogP contribution in [0, 0.1) is 6.92 Å². The van der Waals surface area contributed by atoms with E-state index in [9.17, 15) is 13.2 Å². The van der Waals surface area contributed by atoms with Crippen LogP contribution in [0.3, 0.4) is 0 Å². The highest BCUT2D eigenvalue weighted by Crippen LogP contribution is 2.32. The van der Waals surface area contributed by atoms with Crippen LogP contribution in [-0.2, 0) is 14.8 Å². The number of anilines is 1. The molecular formula is C24H34N2O5S. The minimum atomic E-state index is -3.68. The van der Waals surface area contributed by atoms with Gasteiger partial charge in [0.2, 0.25) is 15.9 Å². The van der Waals surface area contributed by atoms with Crippen molar-refractivity contribution < 1.29 is 22.7 Å². The molecule has 2 aromatic rings. The number of methoxy groups -OCH3 is 1. The Balaban J connectivity index is 2.25. The third-order valence-corrected chi connectivity index (χ3v) is 6.33. The molecule has 8 heteroatoms. The van der Waals surface area contributed by atoms with Gasteiger partial charge < -0.3 is 14.8 Å². The fourth-order valence-corrected chi connectivity index (χ4v) is 4.45. The quantitative estimate of drug-likeness (QED) is 0.573. The van der Waals surface area contributed by atoms with E-state index in [1.165, 1.54) is 0 Å². The van der Waals surface area contributed by atoms with Gasteiger partial charge in [-0.25, -0.2) is 8.42 Å². The predicted molar refractivity (Wildman–Crippen MR) is 128 cm³/mol. The first-order valence-corrected chi connectivity index (χ1v) is 12.5. The predicted octanol–water partition coefficient (Wildman–Crippen LogP) is 4.17. The Labute approximate surface area is 191 Å². The number of nitrogens with one attached hydrogen (secondary N) is 1. The van der Waals surface area contributed by atoms with Gasteiger partial charge in [0.1, 0.15) is 18.0 Å². The summed E-state index contributed by atoms with van der Waals surface area (Å²) < 4.78 is 36.9. The number of hydrogen-bond donors (Lipinski definition) is 1. The molecule has 176 valence electrons. The summed E-state index contributed by atoms with van der Waals surface area (Å²) in [6.07, 6.45) is 1.08. The van der Waals surface area contributed by atoms with Gasteiger partial charge in [0, 0.05) is 6.07 Å². The molecular weight excluding hydrogens is 428 g/mol. The second kappa shape index (κ2) is 10.7. The molecule has 0 unspecified atom stereocenters. The lowest BCUT2D eigenvalue weighted by Gasteiger charge is -2.25. The molecule has 0 aliphatic rings. The van der Waals surface area contributed by atoms with Gasteiger partial charge in [-0.15, -0.1) is 0 Å². The number of aryl methyl sites for hydroxylation is 1. The number of nitrogens with zero attached hydrogens (tertiary/aromatic N) is 1. The first kappa shape index (κ1) is 25.5. The minimum Gasteiger partial charge on any atom is -0.496 e. The van der Waals surface area contributed by atoms with E-state index in [1.54, 1.807) is 31.4 Å². The molecule has 7 nitrogen and oxygen atoms in total. The molecule has 0 aromatic heterocycles. The Bertz CT molecular complexity index is 1050. The molecule has 0 aliphatic carbocycles. The fraction of sp³-hybridized carbons (Fsp3) is 0.458. The maximum absolute atomic E-state index is 12.8. The van der Waals surface area contributed by atoms with Gasteiger partial charge in [-0.1, -0.05) is 19.9 Å². The van der Waals surface area contributed by atoms with Crippen molar-refractivity contribution in [2.75, 3.05) is 30.8 Å². The number of benzene rings is 2. The first-order chi connectivity index (χ1) is 15.0. The van der Waals surface area contributed by atoms with Crippen LogP contribution in [0.4, 0.5) is 5.69 Å². The number of hydrogen-bond acceptors (Lipinski definition) is 5. The maximum Gasteiger partial charge on any atom is 0.241 e. The van der Waals surface area contributed by atoms with Crippen molar-refractivity contribution in [1.29, 1.82) is 0 Å². The average Bonchev–Trinajstić information content (AvgIpc) is 2.71. The van der Waals surface area contributed by atoms with Crippen molar-refractivity contribution in [3.05, 3.63) is 53.1 Å². The fourth-order valence-electron chi connectivity index (χ4n) is 3.60. The third-order valence-electron chi connectivity index (χ3n) is 5.19. The van der Waals surface area contributed by atoms with Crippen LogP contribution >= 0.6 is 0 Å². The lowest BCUT2D eigenvalue weighted by Crippen LogP contribution is -2.41. The summed E-state index contributed by atoms with van der Waals surface area (Å²) in [5.74, 6) is 1.22. The van der Waals surface area contributed by atoms with Gasteiger partial charge in [0.25, 0.3) is 0 Å². The summed E-state index contributed by atoms with van der Waals surface area (Å²) in [7, 11) is -2.04. The molecule has 0 spiro atoms. The summed E-state index contributed by atoms with van der Waals surface area (Å²) >= 11 is 0. The van der Waals surface area contributed by atoms with Crippen molar-refractivity contribution in [3.63, 3.8) is 0 Å². The molecule has 1 amide bonds. The second-order valence-electron chi connectivity index (χ2n) is 8.09. The SMILES string of the molecule is CCOc1cccc(N(CC(=O)N[C@@H](C)c2cc(C(C)C)c(OC)cc2C)S(C)(=O)=O)c1.